The van der Waals surface area contributed by atoms with E-state index in [1.807, 2.05) is 12.1 Å². The molecule has 0 radical (unpaired) electrons. The van der Waals surface area contributed by atoms with Gasteiger partial charge in [0.2, 0.25) is 11.8 Å². The highest BCUT2D eigenvalue weighted by atomic mass is 16.6. The molecule has 0 saturated heterocycles. The first kappa shape index (κ1) is 20.2. The van der Waals surface area contributed by atoms with Gasteiger partial charge in [-0.1, -0.05) is 6.07 Å². The quantitative estimate of drug-likeness (QED) is 0.601. The van der Waals surface area contributed by atoms with Gasteiger partial charge in [-0.2, -0.15) is 0 Å². The molecule has 0 bridgehead atoms. The molecule has 2 unspecified atom stereocenters. The molecule has 33 heavy (non-hydrogen) atoms. The van der Waals surface area contributed by atoms with Crippen molar-refractivity contribution in [1.82, 2.24) is 15.3 Å². The molecule has 1 amide bonds. The molecule has 2 atom stereocenters. The summed E-state index contributed by atoms with van der Waals surface area (Å²) >= 11 is 0. The summed E-state index contributed by atoms with van der Waals surface area (Å²) in [5.74, 6) is 3.18. The third-order valence-electron chi connectivity index (χ3n) is 6.97. The van der Waals surface area contributed by atoms with E-state index < -0.39 is 0 Å². The zero-order chi connectivity index (χ0) is 22.4. The number of carbonyl (C=O) groups is 1. The van der Waals surface area contributed by atoms with Crippen LogP contribution >= 0.6 is 0 Å². The highest BCUT2D eigenvalue weighted by Gasteiger charge is 2.59. The van der Waals surface area contributed by atoms with Crippen LogP contribution in [0.15, 0.2) is 42.6 Å². The maximum absolute atomic E-state index is 13.0. The normalized spacial score (nSPS) is 24.9. The van der Waals surface area contributed by atoms with Crippen molar-refractivity contribution < 1.29 is 19.0 Å². The van der Waals surface area contributed by atoms with Crippen molar-refractivity contribution in [2.75, 3.05) is 25.6 Å². The van der Waals surface area contributed by atoms with E-state index in [4.69, 9.17) is 14.2 Å². The number of anilines is 1. The molecule has 6 rings (SSSR count). The molecule has 8 heteroatoms. The fourth-order valence-electron chi connectivity index (χ4n) is 5.29. The molecule has 3 aliphatic rings. The Kier molecular flexibility index (Phi) is 5.02. The number of ether oxygens (including phenoxy) is 3. The predicted molar refractivity (Wildman–Crippen MR) is 122 cm³/mol. The number of fused-ring (bicyclic) bond motifs is 3. The summed E-state index contributed by atoms with van der Waals surface area (Å²) < 4.78 is 16.5. The fourth-order valence-corrected chi connectivity index (χ4v) is 5.29. The van der Waals surface area contributed by atoms with Crippen LogP contribution in [0.2, 0.25) is 0 Å². The number of aromatic nitrogens is 2. The van der Waals surface area contributed by atoms with Crippen LogP contribution in [0.25, 0.3) is 11.0 Å². The highest BCUT2D eigenvalue weighted by Crippen LogP contribution is 2.58. The third kappa shape index (κ3) is 3.84. The molecule has 3 aromatic rings. The van der Waals surface area contributed by atoms with Gasteiger partial charge in [0, 0.05) is 30.8 Å². The topological polar surface area (TPSA) is 94.6 Å². The number of nitrogens with one attached hydrogen (secondary N) is 2. The second-order valence-corrected chi connectivity index (χ2v) is 8.95. The summed E-state index contributed by atoms with van der Waals surface area (Å²) in [6.45, 7) is 1.98. The Hall–Kier alpha value is -3.39. The van der Waals surface area contributed by atoms with E-state index in [1.165, 1.54) is 5.56 Å². The lowest BCUT2D eigenvalue weighted by molar-refractivity contribution is -0.118. The van der Waals surface area contributed by atoms with Crippen LogP contribution in [0, 0.1) is 17.8 Å². The van der Waals surface area contributed by atoms with Gasteiger partial charge in [-0.25, -0.2) is 4.98 Å². The van der Waals surface area contributed by atoms with Crippen molar-refractivity contribution in [1.29, 1.82) is 0 Å². The molecule has 2 fully saturated rings. The summed E-state index contributed by atoms with van der Waals surface area (Å²) in [5.41, 5.74) is 3.24. The Bertz CT molecular complexity index is 1200. The number of methoxy groups -OCH3 is 1. The standard InChI is InChI=1S/C25H26N4O4/c1-31-22-5-3-18-24(29-22)19(6-7-26-18)28-25(30)23-16-11-15(12-17(16)23)27-13-14-2-4-20-21(10-14)33-9-8-32-20/h2-7,10,15-17,23,27H,8-9,11-13H2,1H3,(H,26,28,30). The van der Waals surface area contributed by atoms with Crippen LogP contribution in [0.3, 0.4) is 0 Å². The third-order valence-corrected chi connectivity index (χ3v) is 6.97. The average Bonchev–Trinajstić information content (AvgIpc) is 3.37. The smallest absolute Gasteiger partial charge is 0.228 e. The Morgan fingerprint density at radius 2 is 1.91 bits per heavy atom. The molecular weight excluding hydrogens is 420 g/mol. The molecule has 3 heterocycles. The summed E-state index contributed by atoms with van der Waals surface area (Å²) in [6.07, 6.45) is 3.74. The van der Waals surface area contributed by atoms with E-state index in [9.17, 15) is 4.79 Å². The van der Waals surface area contributed by atoms with Gasteiger partial charge in [-0.3, -0.25) is 9.78 Å². The molecular formula is C25H26N4O4. The Balaban J connectivity index is 1.04. The number of benzene rings is 1. The van der Waals surface area contributed by atoms with Crippen molar-refractivity contribution in [2.24, 2.45) is 17.8 Å². The zero-order valence-electron chi connectivity index (χ0n) is 18.4. The fraction of sp³-hybridized carbons (Fsp3) is 0.400. The van der Waals surface area contributed by atoms with Gasteiger partial charge in [-0.05, 0) is 54.5 Å². The minimum Gasteiger partial charge on any atom is -0.486 e. The molecule has 1 aromatic carbocycles. The number of hydrogen-bond donors (Lipinski definition) is 2. The molecule has 170 valence electrons. The number of pyridine rings is 2. The first-order valence-corrected chi connectivity index (χ1v) is 11.4. The van der Waals surface area contributed by atoms with E-state index in [0.717, 1.165) is 36.4 Å². The minimum absolute atomic E-state index is 0.0752. The molecule has 0 spiro atoms. The first-order valence-electron chi connectivity index (χ1n) is 11.4. The van der Waals surface area contributed by atoms with Crippen molar-refractivity contribution in [2.45, 2.75) is 25.4 Å². The summed E-state index contributed by atoms with van der Waals surface area (Å²) in [6, 6.07) is 12.0. The van der Waals surface area contributed by atoms with E-state index in [-0.39, 0.29) is 11.8 Å². The highest BCUT2D eigenvalue weighted by molar-refractivity contribution is 6.01. The lowest BCUT2D eigenvalue weighted by Crippen LogP contribution is -2.29. The number of carbonyl (C=O) groups excluding carboxylic acids is 1. The van der Waals surface area contributed by atoms with Gasteiger partial charge in [-0.15, -0.1) is 0 Å². The van der Waals surface area contributed by atoms with Gasteiger partial charge in [0.05, 0.1) is 18.3 Å². The number of nitrogens with zero attached hydrogens (tertiary/aromatic N) is 2. The van der Waals surface area contributed by atoms with Gasteiger partial charge in [0.25, 0.3) is 0 Å². The van der Waals surface area contributed by atoms with Crippen LogP contribution in [0.1, 0.15) is 18.4 Å². The Morgan fingerprint density at radius 1 is 1.09 bits per heavy atom. The Morgan fingerprint density at radius 3 is 2.73 bits per heavy atom. The van der Waals surface area contributed by atoms with Gasteiger partial charge < -0.3 is 24.8 Å². The number of hydrogen-bond acceptors (Lipinski definition) is 7. The molecule has 2 aliphatic carbocycles. The maximum atomic E-state index is 13.0. The zero-order valence-corrected chi connectivity index (χ0v) is 18.4. The van der Waals surface area contributed by atoms with Crippen LogP contribution in [-0.2, 0) is 11.3 Å². The minimum atomic E-state index is 0.0752. The SMILES string of the molecule is COc1ccc2nccc(NC(=O)C3C4CC(NCc5ccc6c(c5)OCCO6)CC43)c2n1. The summed E-state index contributed by atoms with van der Waals surface area (Å²) in [4.78, 5) is 21.8. The van der Waals surface area contributed by atoms with Crippen molar-refractivity contribution in [3.05, 3.63) is 48.2 Å². The summed E-state index contributed by atoms with van der Waals surface area (Å²) in [5, 5.41) is 6.74. The number of amides is 1. The van der Waals surface area contributed by atoms with Crippen LogP contribution in [0.5, 0.6) is 17.4 Å². The van der Waals surface area contributed by atoms with E-state index in [1.54, 1.807) is 25.4 Å². The molecule has 2 N–H and O–H groups in total. The van der Waals surface area contributed by atoms with Crippen molar-refractivity contribution >= 4 is 22.6 Å². The summed E-state index contributed by atoms with van der Waals surface area (Å²) in [7, 11) is 1.58. The van der Waals surface area contributed by atoms with Crippen LogP contribution in [-0.4, -0.2) is 42.2 Å². The van der Waals surface area contributed by atoms with Gasteiger partial charge >= 0.3 is 0 Å². The van der Waals surface area contributed by atoms with Crippen LogP contribution in [0.4, 0.5) is 5.69 Å². The van der Waals surface area contributed by atoms with E-state index in [2.05, 4.69) is 32.7 Å². The van der Waals surface area contributed by atoms with Crippen molar-refractivity contribution in [3.63, 3.8) is 0 Å². The second kappa shape index (κ2) is 8.19. The lowest BCUT2D eigenvalue weighted by Gasteiger charge is -2.20. The van der Waals surface area contributed by atoms with Crippen LogP contribution < -0.4 is 24.8 Å². The maximum Gasteiger partial charge on any atom is 0.228 e. The molecule has 1 aliphatic heterocycles. The molecule has 8 nitrogen and oxygen atoms in total. The van der Waals surface area contributed by atoms with Gasteiger partial charge in [0.1, 0.15) is 18.7 Å². The molecule has 2 aromatic heterocycles. The average molecular weight is 447 g/mol. The molecule has 2 saturated carbocycles. The van der Waals surface area contributed by atoms with E-state index >= 15 is 0 Å². The predicted octanol–water partition coefficient (Wildman–Crippen LogP) is 3.16. The largest absolute Gasteiger partial charge is 0.486 e. The lowest BCUT2D eigenvalue weighted by atomic mass is 10.1. The van der Waals surface area contributed by atoms with Gasteiger partial charge in [0.15, 0.2) is 11.5 Å². The number of rotatable bonds is 6. The monoisotopic (exact) mass is 446 g/mol. The second-order valence-electron chi connectivity index (χ2n) is 8.95. The van der Waals surface area contributed by atoms with E-state index in [0.29, 0.717) is 48.2 Å². The Labute approximate surface area is 191 Å². The van der Waals surface area contributed by atoms with Crippen molar-refractivity contribution in [3.8, 4) is 17.4 Å². The first-order chi connectivity index (χ1) is 16.2.